The average Bonchev–Trinajstić information content (AvgIpc) is 3.43. The van der Waals surface area contributed by atoms with E-state index in [0.717, 1.165) is 37.7 Å². The van der Waals surface area contributed by atoms with E-state index in [9.17, 15) is 18.0 Å². The molecule has 3 heterocycles. The Hall–Kier alpha value is -2.33. The van der Waals surface area contributed by atoms with E-state index in [0.29, 0.717) is 19.3 Å². The molecule has 1 aromatic carbocycles. The van der Waals surface area contributed by atoms with Crippen molar-refractivity contribution in [2.45, 2.75) is 57.3 Å². The average molecular weight is 472 g/mol. The van der Waals surface area contributed by atoms with Crippen LogP contribution < -0.4 is 10.2 Å². The molecule has 4 rings (SSSR count). The molecule has 0 radical (unpaired) electrons. The molecule has 0 bridgehead atoms. The molecule has 1 aromatic rings. The van der Waals surface area contributed by atoms with Gasteiger partial charge >= 0.3 is 12.1 Å². The highest BCUT2D eigenvalue weighted by Gasteiger charge is 2.38. The van der Waals surface area contributed by atoms with E-state index < -0.39 is 12.1 Å². The fraction of sp³-hybridized carbons (Fsp3) is 0.652. The third kappa shape index (κ3) is 7.07. The quantitative estimate of drug-likeness (QED) is 0.696. The lowest BCUT2D eigenvalue weighted by molar-refractivity contribution is -0.192. The van der Waals surface area contributed by atoms with Crippen molar-refractivity contribution in [3.63, 3.8) is 0 Å². The van der Waals surface area contributed by atoms with Crippen molar-refractivity contribution in [1.29, 1.82) is 0 Å². The number of benzene rings is 1. The summed E-state index contributed by atoms with van der Waals surface area (Å²) >= 11 is 0. The van der Waals surface area contributed by atoms with Crippen LogP contribution in [0.15, 0.2) is 24.3 Å². The Balaban J connectivity index is 0.000000383. The number of ether oxygens (including phenoxy) is 1. The van der Waals surface area contributed by atoms with Gasteiger partial charge in [-0.3, -0.25) is 9.69 Å². The second-order valence-corrected chi connectivity index (χ2v) is 8.84. The monoisotopic (exact) mass is 471 g/mol. The summed E-state index contributed by atoms with van der Waals surface area (Å²) in [6.45, 7) is 7.27. The number of amides is 1. The minimum absolute atomic E-state index is 0.0882. The van der Waals surface area contributed by atoms with Crippen molar-refractivity contribution in [1.82, 2.24) is 4.90 Å². The number of nitrogens with one attached hydrogen (secondary N) is 1. The van der Waals surface area contributed by atoms with Crippen LogP contribution in [-0.2, 0) is 14.3 Å². The highest BCUT2D eigenvalue weighted by Crippen LogP contribution is 2.29. The highest BCUT2D eigenvalue weighted by atomic mass is 19.4. The molecule has 184 valence electrons. The number of anilines is 2. The number of alkyl halides is 3. The predicted octanol–water partition coefficient (Wildman–Crippen LogP) is 3.75. The van der Waals surface area contributed by atoms with E-state index in [2.05, 4.69) is 34.2 Å². The summed E-state index contributed by atoms with van der Waals surface area (Å²) in [5.41, 5.74) is 2.16. The SMILES string of the molecule is CC1CCCN1C1CCN(c2ccc(NC(=O)C3CCOCC3)cc2)C1.O=C(O)C(F)(F)F. The van der Waals surface area contributed by atoms with E-state index in [1.165, 1.54) is 31.5 Å². The number of rotatable bonds is 4. The molecule has 1 amide bonds. The Morgan fingerprint density at radius 2 is 1.70 bits per heavy atom. The van der Waals surface area contributed by atoms with Crippen LogP contribution in [0.3, 0.4) is 0 Å². The van der Waals surface area contributed by atoms with Crippen molar-refractivity contribution in [3.8, 4) is 0 Å². The topological polar surface area (TPSA) is 82.1 Å². The van der Waals surface area contributed by atoms with Crippen molar-refractivity contribution in [2.75, 3.05) is 43.1 Å². The maximum atomic E-state index is 12.3. The lowest BCUT2D eigenvalue weighted by atomic mass is 9.99. The second kappa shape index (κ2) is 11.2. The van der Waals surface area contributed by atoms with Crippen molar-refractivity contribution < 1.29 is 32.6 Å². The third-order valence-corrected chi connectivity index (χ3v) is 6.57. The number of likely N-dealkylation sites (tertiary alicyclic amines) is 1. The third-order valence-electron chi connectivity index (χ3n) is 6.57. The van der Waals surface area contributed by atoms with Gasteiger partial charge in [-0.1, -0.05) is 0 Å². The van der Waals surface area contributed by atoms with Gasteiger partial charge in [-0.2, -0.15) is 13.2 Å². The largest absolute Gasteiger partial charge is 0.490 e. The Morgan fingerprint density at radius 3 is 2.24 bits per heavy atom. The molecule has 3 saturated heterocycles. The lowest BCUT2D eigenvalue weighted by Gasteiger charge is -2.28. The number of nitrogens with zero attached hydrogens (tertiary/aromatic N) is 2. The number of hydrogen-bond donors (Lipinski definition) is 2. The molecule has 0 aromatic heterocycles. The van der Waals surface area contributed by atoms with Gasteiger partial charge in [0.1, 0.15) is 0 Å². The lowest BCUT2D eigenvalue weighted by Crippen LogP contribution is -2.39. The molecule has 0 aliphatic carbocycles. The van der Waals surface area contributed by atoms with Crippen LogP contribution >= 0.6 is 0 Å². The van der Waals surface area contributed by atoms with Crippen molar-refractivity contribution in [2.24, 2.45) is 5.92 Å². The molecule has 3 aliphatic heterocycles. The van der Waals surface area contributed by atoms with Gasteiger partial charge in [-0.05, 0) is 69.8 Å². The number of aliphatic carboxylic acids is 1. The zero-order valence-electron chi connectivity index (χ0n) is 18.8. The first-order chi connectivity index (χ1) is 15.6. The number of carboxylic acids is 1. The Kier molecular flexibility index (Phi) is 8.58. The van der Waals surface area contributed by atoms with Crippen molar-refractivity contribution >= 4 is 23.3 Å². The number of hydrogen-bond acceptors (Lipinski definition) is 5. The summed E-state index contributed by atoms with van der Waals surface area (Å²) < 4.78 is 37.1. The van der Waals surface area contributed by atoms with Gasteiger partial charge in [0.25, 0.3) is 0 Å². The van der Waals surface area contributed by atoms with E-state index in [4.69, 9.17) is 14.6 Å². The van der Waals surface area contributed by atoms with Gasteiger partial charge in [-0.15, -0.1) is 0 Å². The molecule has 2 unspecified atom stereocenters. The molecule has 0 saturated carbocycles. The van der Waals surface area contributed by atoms with Gasteiger partial charge in [0.05, 0.1) is 0 Å². The van der Waals surface area contributed by atoms with Crippen LogP contribution in [0.4, 0.5) is 24.5 Å². The molecule has 33 heavy (non-hydrogen) atoms. The summed E-state index contributed by atoms with van der Waals surface area (Å²) in [6.07, 6.45) is 0.520. The Bertz CT molecular complexity index is 797. The predicted molar refractivity (Wildman–Crippen MR) is 118 cm³/mol. The molecule has 3 fully saturated rings. The zero-order valence-corrected chi connectivity index (χ0v) is 18.8. The first-order valence-electron chi connectivity index (χ1n) is 11.4. The van der Waals surface area contributed by atoms with Gasteiger partial charge in [-0.25, -0.2) is 4.79 Å². The summed E-state index contributed by atoms with van der Waals surface area (Å²) in [7, 11) is 0. The molecule has 0 spiro atoms. The second-order valence-electron chi connectivity index (χ2n) is 8.84. The zero-order chi connectivity index (χ0) is 24.0. The van der Waals surface area contributed by atoms with E-state index >= 15 is 0 Å². The Labute approximate surface area is 191 Å². The minimum atomic E-state index is -5.08. The van der Waals surface area contributed by atoms with Gasteiger partial charge in [0.2, 0.25) is 5.91 Å². The van der Waals surface area contributed by atoms with E-state index in [-0.39, 0.29) is 11.8 Å². The molecule has 10 heteroatoms. The molecular formula is C23H32F3N3O4. The Morgan fingerprint density at radius 1 is 1.06 bits per heavy atom. The normalized spacial score (nSPS) is 24.3. The maximum absolute atomic E-state index is 12.3. The fourth-order valence-electron chi connectivity index (χ4n) is 4.70. The summed E-state index contributed by atoms with van der Waals surface area (Å²) in [5, 5.41) is 10.2. The number of carbonyl (C=O) groups is 2. The molecule has 2 N–H and O–H groups in total. The summed E-state index contributed by atoms with van der Waals surface area (Å²) in [4.78, 5) is 26.4. The number of halogens is 3. The first-order valence-corrected chi connectivity index (χ1v) is 11.4. The first kappa shape index (κ1) is 25.3. The molecular weight excluding hydrogens is 439 g/mol. The van der Waals surface area contributed by atoms with Gasteiger partial charge in [0.15, 0.2) is 0 Å². The van der Waals surface area contributed by atoms with Crippen LogP contribution in [0.1, 0.15) is 39.0 Å². The molecule has 3 aliphatic rings. The van der Waals surface area contributed by atoms with Gasteiger partial charge in [0, 0.05) is 55.7 Å². The number of carbonyl (C=O) groups excluding carboxylic acids is 1. The molecule has 2 atom stereocenters. The van der Waals surface area contributed by atoms with Crippen molar-refractivity contribution in [3.05, 3.63) is 24.3 Å². The smallest absolute Gasteiger partial charge is 0.475 e. The van der Waals surface area contributed by atoms with Crippen LogP contribution in [0.25, 0.3) is 0 Å². The van der Waals surface area contributed by atoms with E-state index in [1.807, 2.05) is 12.1 Å². The standard InChI is InChI=1S/C21H31N3O2.C2HF3O2/c1-16-3-2-11-24(16)20-8-12-23(15-20)19-6-4-18(5-7-19)22-21(25)17-9-13-26-14-10-17;3-2(4,5)1(6)7/h4-7,16-17,20H,2-3,8-15H2,1H3,(H,22,25);(H,6,7). The minimum Gasteiger partial charge on any atom is -0.475 e. The maximum Gasteiger partial charge on any atom is 0.490 e. The van der Waals surface area contributed by atoms with Crippen LogP contribution in [-0.4, -0.2) is 73.0 Å². The fourth-order valence-corrected chi connectivity index (χ4v) is 4.70. The highest BCUT2D eigenvalue weighted by molar-refractivity contribution is 5.92. The van der Waals surface area contributed by atoms with E-state index in [1.54, 1.807) is 0 Å². The summed E-state index contributed by atoms with van der Waals surface area (Å²) in [6, 6.07) is 9.81. The molecule has 7 nitrogen and oxygen atoms in total. The van der Waals surface area contributed by atoms with Crippen LogP contribution in [0.2, 0.25) is 0 Å². The summed E-state index contributed by atoms with van der Waals surface area (Å²) in [5.74, 6) is -2.54. The van der Waals surface area contributed by atoms with Crippen LogP contribution in [0.5, 0.6) is 0 Å². The van der Waals surface area contributed by atoms with Gasteiger partial charge < -0.3 is 20.1 Å². The van der Waals surface area contributed by atoms with Crippen LogP contribution in [0, 0.1) is 5.92 Å². The number of carboxylic acid groups (broad SMARTS) is 1.